The standard InChI is InChI=1S/C15H26N2O3/c1-5-10(2)12-13(18)17(8-11-6-7-20-9-11)15(3,4)14(19)16-12/h10-12H,5-9H2,1-4H3,(H,16,19). The maximum atomic E-state index is 12.7. The first-order valence-corrected chi connectivity index (χ1v) is 7.58. The second kappa shape index (κ2) is 5.72. The summed E-state index contributed by atoms with van der Waals surface area (Å²) < 4.78 is 5.39. The molecule has 2 fully saturated rings. The second-order valence-electron chi connectivity index (χ2n) is 6.57. The molecule has 114 valence electrons. The molecule has 0 aromatic heterocycles. The average Bonchev–Trinajstić information content (AvgIpc) is 2.91. The number of piperazine rings is 1. The number of ether oxygens (including phenoxy) is 1. The zero-order valence-electron chi connectivity index (χ0n) is 12.9. The fourth-order valence-electron chi connectivity index (χ4n) is 2.87. The minimum atomic E-state index is -0.774. The van der Waals surface area contributed by atoms with E-state index in [1.807, 2.05) is 27.7 Å². The molecule has 0 aromatic rings. The van der Waals surface area contributed by atoms with Gasteiger partial charge in [-0.3, -0.25) is 9.59 Å². The zero-order chi connectivity index (χ0) is 14.9. The van der Waals surface area contributed by atoms with E-state index in [-0.39, 0.29) is 23.8 Å². The largest absolute Gasteiger partial charge is 0.381 e. The Kier molecular flexibility index (Phi) is 4.37. The van der Waals surface area contributed by atoms with Gasteiger partial charge in [-0.1, -0.05) is 20.3 Å². The van der Waals surface area contributed by atoms with Crippen molar-refractivity contribution >= 4 is 11.8 Å². The third-order valence-corrected chi connectivity index (χ3v) is 4.73. The van der Waals surface area contributed by atoms with Gasteiger partial charge in [0.15, 0.2) is 0 Å². The predicted octanol–water partition coefficient (Wildman–Crippen LogP) is 1.17. The maximum absolute atomic E-state index is 12.7. The lowest BCUT2D eigenvalue weighted by Crippen LogP contribution is -2.70. The predicted molar refractivity (Wildman–Crippen MR) is 76.1 cm³/mol. The van der Waals surface area contributed by atoms with Crippen molar-refractivity contribution in [2.75, 3.05) is 19.8 Å². The van der Waals surface area contributed by atoms with E-state index in [4.69, 9.17) is 4.74 Å². The van der Waals surface area contributed by atoms with Crippen molar-refractivity contribution in [3.8, 4) is 0 Å². The smallest absolute Gasteiger partial charge is 0.246 e. The van der Waals surface area contributed by atoms with Gasteiger partial charge in [-0.25, -0.2) is 0 Å². The highest BCUT2D eigenvalue weighted by Crippen LogP contribution is 2.27. The molecule has 2 amide bonds. The van der Waals surface area contributed by atoms with E-state index < -0.39 is 5.54 Å². The van der Waals surface area contributed by atoms with Crippen LogP contribution in [-0.4, -0.2) is 48.1 Å². The Morgan fingerprint density at radius 3 is 2.70 bits per heavy atom. The molecule has 0 aliphatic carbocycles. The van der Waals surface area contributed by atoms with Gasteiger partial charge in [-0.2, -0.15) is 0 Å². The lowest BCUT2D eigenvalue weighted by atomic mass is 9.88. The number of nitrogens with one attached hydrogen (secondary N) is 1. The van der Waals surface area contributed by atoms with Gasteiger partial charge in [0.1, 0.15) is 11.6 Å². The van der Waals surface area contributed by atoms with Crippen molar-refractivity contribution in [3.63, 3.8) is 0 Å². The van der Waals surface area contributed by atoms with Crippen LogP contribution in [0.5, 0.6) is 0 Å². The molecule has 5 nitrogen and oxygen atoms in total. The highest BCUT2D eigenvalue weighted by molar-refractivity contribution is 5.99. The number of amides is 2. The first-order valence-electron chi connectivity index (χ1n) is 7.58. The summed E-state index contributed by atoms with van der Waals surface area (Å²) in [5, 5.41) is 2.90. The molecule has 5 heteroatoms. The van der Waals surface area contributed by atoms with Crippen LogP contribution in [0.4, 0.5) is 0 Å². The molecule has 3 unspecified atom stereocenters. The lowest BCUT2D eigenvalue weighted by Gasteiger charge is -2.46. The van der Waals surface area contributed by atoms with Gasteiger partial charge in [-0.15, -0.1) is 0 Å². The van der Waals surface area contributed by atoms with E-state index in [0.717, 1.165) is 19.4 Å². The fourth-order valence-corrected chi connectivity index (χ4v) is 2.87. The van der Waals surface area contributed by atoms with Crippen molar-refractivity contribution in [1.82, 2.24) is 10.2 Å². The highest BCUT2D eigenvalue weighted by Gasteiger charge is 2.48. The van der Waals surface area contributed by atoms with Gasteiger partial charge in [0.25, 0.3) is 0 Å². The van der Waals surface area contributed by atoms with Crippen LogP contribution in [0.15, 0.2) is 0 Å². The van der Waals surface area contributed by atoms with Crippen molar-refractivity contribution in [1.29, 1.82) is 0 Å². The maximum Gasteiger partial charge on any atom is 0.246 e. The van der Waals surface area contributed by atoms with Crippen molar-refractivity contribution in [2.45, 2.75) is 52.1 Å². The number of nitrogens with zero attached hydrogens (tertiary/aromatic N) is 1. The van der Waals surface area contributed by atoms with Gasteiger partial charge < -0.3 is 15.0 Å². The topological polar surface area (TPSA) is 58.6 Å². The molecule has 0 spiro atoms. The monoisotopic (exact) mass is 282 g/mol. The molecule has 0 aromatic carbocycles. The third-order valence-electron chi connectivity index (χ3n) is 4.73. The van der Waals surface area contributed by atoms with Crippen LogP contribution >= 0.6 is 0 Å². The van der Waals surface area contributed by atoms with Gasteiger partial charge in [0, 0.05) is 19.1 Å². The molecule has 0 saturated carbocycles. The average molecular weight is 282 g/mol. The molecule has 2 rings (SSSR count). The van der Waals surface area contributed by atoms with Gasteiger partial charge >= 0.3 is 0 Å². The molecule has 2 aliphatic heterocycles. The third kappa shape index (κ3) is 2.68. The molecule has 0 bridgehead atoms. The van der Waals surface area contributed by atoms with Gasteiger partial charge in [0.2, 0.25) is 11.8 Å². The fraction of sp³-hybridized carbons (Fsp3) is 0.867. The van der Waals surface area contributed by atoms with Gasteiger partial charge in [0.05, 0.1) is 6.61 Å². The summed E-state index contributed by atoms with van der Waals surface area (Å²) in [5.41, 5.74) is -0.774. The molecule has 3 atom stereocenters. The second-order valence-corrected chi connectivity index (χ2v) is 6.57. The van der Waals surface area contributed by atoms with E-state index in [2.05, 4.69) is 5.32 Å². The molecule has 20 heavy (non-hydrogen) atoms. The van der Waals surface area contributed by atoms with Crippen LogP contribution in [0.3, 0.4) is 0 Å². The Labute approximate surface area is 121 Å². The molecule has 1 N–H and O–H groups in total. The normalized spacial score (nSPS) is 31.3. The number of hydrogen-bond donors (Lipinski definition) is 1. The minimum absolute atomic E-state index is 0.0517. The highest BCUT2D eigenvalue weighted by atomic mass is 16.5. The van der Waals surface area contributed by atoms with Crippen LogP contribution in [-0.2, 0) is 14.3 Å². The number of hydrogen-bond acceptors (Lipinski definition) is 3. The summed E-state index contributed by atoms with van der Waals surface area (Å²) in [6.07, 6.45) is 1.84. The number of rotatable bonds is 4. The van der Waals surface area contributed by atoms with Crippen molar-refractivity contribution < 1.29 is 14.3 Å². The van der Waals surface area contributed by atoms with E-state index in [0.29, 0.717) is 19.1 Å². The zero-order valence-corrected chi connectivity index (χ0v) is 12.9. The number of carbonyl (C=O) groups excluding carboxylic acids is 2. The van der Waals surface area contributed by atoms with E-state index in [1.165, 1.54) is 0 Å². The summed E-state index contributed by atoms with van der Waals surface area (Å²) >= 11 is 0. The summed E-state index contributed by atoms with van der Waals surface area (Å²) in [5.74, 6) is 0.503. The molecular formula is C15H26N2O3. The Bertz CT molecular complexity index is 389. The summed E-state index contributed by atoms with van der Waals surface area (Å²) in [4.78, 5) is 26.9. The van der Waals surface area contributed by atoms with Crippen LogP contribution in [0.1, 0.15) is 40.5 Å². The van der Waals surface area contributed by atoms with Crippen LogP contribution in [0.25, 0.3) is 0 Å². The Hall–Kier alpha value is -1.10. The van der Waals surface area contributed by atoms with E-state index >= 15 is 0 Å². The molecule has 2 aliphatic rings. The first kappa shape index (κ1) is 15.3. The molecule has 0 radical (unpaired) electrons. The lowest BCUT2D eigenvalue weighted by molar-refractivity contribution is -0.157. The summed E-state index contributed by atoms with van der Waals surface area (Å²) in [6, 6.07) is -0.386. The van der Waals surface area contributed by atoms with Crippen LogP contribution in [0, 0.1) is 11.8 Å². The number of carbonyl (C=O) groups is 2. The van der Waals surface area contributed by atoms with Crippen LogP contribution in [0.2, 0.25) is 0 Å². The quantitative estimate of drug-likeness (QED) is 0.842. The van der Waals surface area contributed by atoms with Crippen LogP contribution < -0.4 is 5.32 Å². The Morgan fingerprint density at radius 1 is 1.45 bits per heavy atom. The molecule has 2 heterocycles. The Balaban J connectivity index is 2.18. The van der Waals surface area contributed by atoms with Gasteiger partial charge in [-0.05, 0) is 26.2 Å². The summed E-state index contributed by atoms with van der Waals surface area (Å²) in [7, 11) is 0. The van der Waals surface area contributed by atoms with E-state index in [1.54, 1.807) is 4.90 Å². The summed E-state index contributed by atoms with van der Waals surface area (Å²) in [6.45, 7) is 9.76. The SMILES string of the molecule is CCC(C)C1NC(=O)C(C)(C)N(CC2CCOC2)C1=O. The van der Waals surface area contributed by atoms with Crippen molar-refractivity contribution in [2.24, 2.45) is 11.8 Å². The van der Waals surface area contributed by atoms with E-state index in [9.17, 15) is 9.59 Å². The molecule has 2 saturated heterocycles. The first-order chi connectivity index (χ1) is 9.37. The molecular weight excluding hydrogens is 256 g/mol. The van der Waals surface area contributed by atoms with Crippen molar-refractivity contribution in [3.05, 3.63) is 0 Å². The minimum Gasteiger partial charge on any atom is -0.381 e. The Morgan fingerprint density at radius 2 is 2.15 bits per heavy atom.